The van der Waals surface area contributed by atoms with Crippen LogP contribution >= 0.6 is 0 Å². The topological polar surface area (TPSA) is 87.2 Å². The molecule has 0 bridgehead atoms. The SMILES string of the molecule is c1ccc(-c2nc(-c3ccc4c5ccccc5n(-c5ccccc5)c4c3)nc(-c3cccc4c3-c3ccccc3C43c4cccc5cc(-c6ccc(-c7nc(-c8ccc9c(c8)-c8ccccc8C98c9cccc%10ccc%11cccc8c%11c9%10)nc(-c8ccc9c%10ccccc%10n(-c%10ccccc%10)c9c8)n7)cc6)c6cccc3c6c45)n2)cc1. The van der Waals surface area contributed by atoms with E-state index in [2.05, 4.69) is 379 Å². The second kappa shape index (κ2) is 23.6. The molecular weight excluding hydrogens is 1410 g/mol. The summed E-state index contributed by atoms with van der Waals surface area (Å²) in [4.78, 5) is 33.1. The molecule has 18 aromatic carbocycles. The molecule has 1 atom stereocenters. The fraction of sp³-hybridized carbons (Fsp3) is 0.0185. The van der Waals surface area contributed by atoms with E-state index in [1.54, 1.807) is 0 Å². The van der Waals surface area contributed by atoms with Crippen molar-refractivity contribution in [1.82, 2.24) is 39.0 Å². The van der Waals surface area contributed by atoms with Crippen LogP contribution in [-0.4, -0.2) is 39.0 Å². The third-order valence-electron chi connectivity index (χ3n) is 25.8. The maximum Gasteiger partial charge on any atom is 0.164 e. The summed E-state index contributed by atoms with van der Waals surface area (Å²) in [5.41, 5.74) is 28.0. The first-order chi connectivity index (χ1) is 57.5. The predicted molar refractivity (Wildman–Crippen MR) is 472 cm³/mol. The first-order valence-electron chi connectivity index (χ1n) is 39.8. The predicted octanol–water partition coefficient (Wildman–Crippen LogP) is 25.9. The van der Waals surface area contributed by atoms with E-state index in [4.69, 9.17) is 29.9 Å². The van der Waals surface area contributed by atoms with Gasteiger partial charge in [-0.25, -0.2) is 29.9 Å². The highest BCUT2D eigenvalue weighted by Crippen LogP contribution is 2.66. The fourth-order valence-electron chi connectivity index (χ4n) is 21.1. The van der Waals surface area contributed by atoms with E-state index in [-0.39, 0.29) is 0 Å². The van der Waals surface area contributed by atoms with E-state index in [0.29, 0.717) is 34.9 Å². The summed E-state index contributed by atoms with van der Waals surface area (Å²) in [5.74, 6) is 3.61. The van der Waals surface area contributed by atoms with Crippen molar-refractivity contribution in [2.75, 3.05) is 0 Å². The Labute approximate surface area is 665 Å². The van der Waals surface area contributed by atoms with Gasteiger partial charge < -0.3 is 9.13 Å². The molecule has 2 spiro atoms. The Morgan fingerprint density at radius 2 is 0.552 bits per heavy atom. The first-order valence-corrected chi connectivity index (χ1v) is 39.8. The molecule has 0 N–H and O–H groups in total. The Morgan fingerprint density at radius 1 is 0.181 bits per heavy atom. The van der Waals surface area contributed by atoms with Crippen molar-refractivity contribution in [2.45, 2.75) is 10.8 Å². The standard InChI is InChI=1S/C108H62N8/c1-4-23-66(24-5-1)101-109-105(71-54-57-78-76-34-13-17-46-93(76)116(95(78)62-71)73-30-8-3-9-31-73)114-106(113-101)81-37-22-43-90-99(81)80-35-11-15-39-85(80)108(90)89-42-20-27-68-59-82(79-36-21-44-91(108)100(79)98(68)89)63-47-51-67(52-48-63)102-110-103(112-104(111-102)70-53-56-77-75-33-12-16-45-92(75)115(94(77)61-70)72-28-6-2-7-29-72)69-55-58-86-83(60-69)74-32-10-14-38-84(74)107(86)87-40-18-25-64-49-50-65-26-19-41-88(107)97(65)96(64)87/h1-62H. The number of aromatic nitrogens is 8. The fourth-order valence-corrected chi connectivity index (χ4v) is 21.1. The van der Waals surface area contributed by atoms with Crippen molar-refractivity contribution in [3.05, 3.63) is 421 Å². The van der Waals surface area contributed by atoms with Crippen LogP contribution in [0.4, 0.5) is 0 Å². The number of hydrogen-bond acceptors (Lipinski definition) is 6. The molecule has 26 rings (SSSR count). The molecule has 0 saturated carbocycles. The van der Waals surface area contributed by atoms with Gasteiger partial charge in [-0.05, 0) is 182 Å². The van der Waals surface area contributed by atoms with E-state index in [0.717, 1.165) is 99.8 Å². The molecule has 4 aromatic heterocycles. The molecule has 0 amide bonds. The second-order valence-corrected chi connectivity index (χ2v) is 31.4. The lowest BCUT2D eigenvalue weighted by atomic mass is 9.70. The molecular formula is C108H62N8. The summed E-state index contributed by atoms with van der Waals surface area (Å²) < 4.78 is 4.71. The van der Waals surface area contributed by atoms with Gasteiger partial charge in [0.1, 0.15) is 0 Å². The molecule has 4 aliphatic carbocycles. The van der Waals surface area contributed by atoms with Gasteiger partial charge in [0.25, 0.3) is 0 Å². The van der Waals surface area contributed by atoms with Gasteiger partial charge >= 0.3 is 0 Å². The molecule has 534 valence electrons. The molecule has 0 saturated heterocycles. The lowest BCUT2D eigenvalue weighted by molar-refractivity contribution is 0.797. The zero-order valence-electron chi connectivity index (χ0n) is 62.4. The third-order valence-corrected chi connectivity index (χ3v) is 25.8. The molecule has 4 aliphatic rings. The smallest absolute Gasteiger partial charge is 0.164 e. The molecule has 0 radical (unpaired) electrons. The highest BCUT2D eigenvalue weighted by Gasteiger charge is 2.53. The summed E-state index contributed by atoms with van der Waals surface area (Å²) in [6, 6.07) is 138. The Kier molecular flexibility index (Phi) is 12.9. The number of para-hydroxylation sites is 4. The summed E-state index contributed by atoms with van der Waals surface area (Å²) in [5, 5.41) is 14.8. The Balaban J connectivity index is 0.622. The molecule has 116 heavy (non-hydrogen) atoms. The van der Waals surface area contributed by atoms with Crippen LogP contribution in [0.5, 0.6) is 0 Å². The molecule has 8 nitrogen and oxygen atoms in total. The Morgan fingerprint density at radius 3 is 1.15 bits per heavy atom. The Hall–Kier alpha value is -15.4. The number of fused-ring (bicyclic) bond motifs is 20. The zero-order valence-corrected chi connectivity index (χ0v) is 62.4. The monoisotopic (exact) mass is 1470 g/mol. The van der Waals surface area contributed by atoms with Crippen LogP contribution in [0.15, 0.2) is 376 Å². The van der Waals surface area contributed by atoms with Gasteiger partial charge in [-0.15, -0.1) is 0 Å². The minimum Gasteiger partial charge on any atom is -0.309 e. The van der Waals surface area contributed by atoms with E-state index < -0.39 is 10.8 Å². The van der Waals surface area contributed by atoms with Crippen molar-refractivity contribution in [2.24, 2.45) is 0 Å². The maximum absolute atomic E-state index is 5.58. The average Bonchev–Trinajstić information content (AvgIpc) is 1.51. The van der Waals surface area contributed by atoms with E-state index in [1.165, 1.54) is 109 Å². The highest BCUT2D eigenvalue weighted by atomic mass is 15.1. The van der Waals surface area contributed by atoms with Gasteiger partial charge in [0.05, 0.1) is 32.9 Å². The van der Waals surface area contributed by atoms with Crippen LogP contribution in [0.25, 0.3) is 200 Å². The highest BCUT2D eigenvalue weighted by molar-refractivity contribution is 6.23. The van der Waals surface area contributed by atoms with Gasteiger partial charge in [-0.3, -0.25) is 0 Å². The van der Waals surface area contributed by atoms with Gasteiger partial charge in [-0.2, -0.15) is 0 Å². The number of nitrogens with zero attached hydrogens (tertiary/aromatic N) is 8. The number of rotatable bonds is 9. The van der Waals surface area contributed by atoms with Gasteiger partial charge in [0.2, 0.25) is 0 Å². The zero-order chi connectivity index (χ0) is 75.6. The van der Waals surface area contributed by atoms with Crippen LogP contribution < -0.4 is 0 Å². The van der Waals surface area contributed by atoms with Crippen LogP contribution in [0, 0.1) is 0 Å². The van der Waals surface area contributed by atoms with Crippen molar-refractivity contribution >= 4 is 86.7 Å². The van der Waals surface area contributed by atoms with Gasteiger partial charge in [0.15, 0.2) is 34.9 Å². The summed E-state index contributed by atoms with van der Waals surface area (Å²) in [7, 11) is 0. The third kappa shape index (κ3) is 8.49. The molecule has 8 heteroatoms. The van der Waals surface area contributed by atoms with Crippen molar-refractivity contribution in [3.8, 4) is 113 Å². The molecule has 0 fully saturated rings. The number of hydrogen-bond donors (Lipinski definition) is 0. The first kappa shape index (κ1) is 63.3. The normalized spacial score (nSPS) is 14.3. The summed E-state index contributed by atoms with van der Waals surface area (Å²) in [6.07, 6.45) is 0. The van der Waals surface area contributed by atoms with E-state index in [1.807, 2.05) is 6.07 Å². The summed E-state index contributed by atoms with van der Waals surface area (Å²) >= 11 is 0. The van der Waals surface area contributed by atoms with Crippen molar-refractivity contribution in [1.29, 1.82) is 0 Å². The van der Waals surface area contributed by atoms with Gasteiger partial charge in [-0.1, -0.05) is 315 Å². The molecule has 22 aromatic rings. The average molecular weight is 1470 g/mol. The Bertz CT molecular complexity index is 8020. The van der Waals surface area contributed by atoms with Crippen LogP contribution in [0.1, 0.15) is 44.5 Å². The minimum absolute atomic E-state index is 0.503. The van der Waals surface area contributed by atoms with Crippen molar-refractivity contribution in [3.63, 3.8) is 0 Å². The molecule has 4 heterocycles. The number of benzene rings is 18. The van der Waals surface area contributed by atoms with Crippen molar-refractivity contribution < 1.29 is 0 Å². The van der Waals surface area contributed by atoms with E-state index in [9.17, 15) is 0 Å². The lowest BCUT2D eigenvalue weighted by Gasteiger charge is -2.31. The maximum atomic E-state index is 5.58. The second-order valence-electron chi connectivity index (χ2n) is 31.4. The lowest BCUT2D eigenvalue weighted by Crippen LogP contribution is -2.26. The summed E-state index contributed by atoms with van der Waals surface area (Å²) in [6.45, 7) is 0. The molecule has 0 aliphatic heterocycles. The van der Waals surface area contributed by atoms with Gasteiger partial charge in [0, 0.05) is 66.3 Å². The van der Waals surface area contributed by atoms with E-state index >= 15 is 0 Å². The van der Waals surface area contributed by atoms with Crippen LogP contribution in [-0.2, 0) is 10.8 Å². The molecule has 1 unspecified atom stereocenters. The largest absolute Gasteiger partial charge is 0.309 e. The van der Waals surface area contributed by atoms with Crippen LogP contribution in [0.3, 0.4) is 0 Å². The minimum atomic E-state index is -0.675. The quantitative estimate of drug-likeness (QED) is 0.134. The van der Waals surface area contributed by atoms with Crippen LogP contribution in [0.2, 0.25) is 0 Å².